The van der Waals surface area contributed by atoms with Gasteiger partial charge in [0, 0.05) is 11.3 Å². The van der Waals surface area contributed by atoms with Crippen LogP contribution in [0.5, 0.6) is 0 Å². The molecule has 0 aromatic heterocycles. The van der Waals surface area contributed by atoms with Gasteiger partial charge in [-0.1, -0.05) is 35.9 Å². The molecule has 0 saturated carbocycles. The fourth-order valence-electron chi connectivity index (χ4n) is 2.42. The first-order valence-electron chi connectivity index (χ1n) is 7.30. The topological polar surface area (TPSA) is 49.3 Å². The molecule has 0 spiro atoms. The Kier molecular flexibility index (Phi) is 4.67. The zero-order valence-corrected chi connectivity index (χ0v) is 13.5. The molecule has 0 radical (unpaired) electrons. The number of benzene rings is 3. The van der Waals surface area contributed by atoms with Gasteiger partial charge in [0.15, 0.2) is 11.6 Å². The smallest absolute Gasteiger partial charge is 0.337 e. The Balaban J connectivity index is 1.93. The van der Waals surface area contributed by atoms with Crippen molar-refractivity contribution in [3.05, 3.63) is 82.9 Å². The summed E-state index contributed by atoms with van der Waals surface area (Å²) in [6, 6.07) is 15.0. The van der Waals surface area contributed by atoms with Crippen molar-refractivity contribution in [2.24, 2.45) is 0 Å². The number of halogens is 3. The van der Waals surface area contributed by atoms with Crippen molar-refractivity contribution >= 4 is 28.9 Å². The van der Waals surface area contributed by atoms with Gasteiger partial charge in [-0.05, 0) is 42.0 Å². The van der Waals surface area contributed by atoms with Crippen molar-refractivity contribution < 1.29 is 18.7 Å². The molecule has 0 saturated heterocycles. The highest BCUT2D eigenvalue weighted by atomic mass is 35.5. The molecule has 3 nitrogen and oxygen atoms in total. The first-order chi connectivity index (χ1) is 12.0. The predicted molar refractivity (Wildman–Crippen MR) is 93.5 cm³/mol. The number of aromatic carboxylic acids is 1. The Bertz CT molecular complexity index is 960. The van der Waals surface area contributed by atoms with E-state index in [4.69, 9.17) is 11.6 Å². The minimum absolute atomic E-state index is 0.128. The van der Waals surface area contributed by atoms with E-state index in [1.165, 1.54) is 12.1 Å². The first-order valence-corrected chi connectivity index (χ1v) is 7.68. The zero-order chi connectivity index (χ0) is 18.0. The number of nitrogens with one attached hydrogen (secondary N) is 1. The van der Waals surface area contributed by atoms with E-state index in [0.717, 1.165) is 12.1 Å². The lowest BCUT2D eigenvalue weighted by Crippen LogP contribution is -2.02. The summed E-state index contributed by atoms with van der Waals surface area (Å²) >= 11 is 6.25. The largest absolute Gasteiger partial charge is 0.478 e. The number of carboxylic acid groups (broad SMARTS) is 1. The van der Waals surface area contributed by atoms with Crippen molar-refractivity contribution in [2.75, 3.05) is 5.32 Å². The maximum Gasteiger partial charge on any atom is 0.337 e. The first kappa shape index (κ1) is 16.9. The monoisotopic (exact) mass is 359 g/mol. The molecule has 0 bridgehead atoms. The molecular formula is C19H12ClF2NO2. The Morgan fingerprint density at radius 2 is 1.72 bits per heavy atom. The molecule has 0 unspecified atom stereocenters. The quantitative estimate of drug-likeness (QED) is 0.625. The molecule has 3 rings (SSSR count). The van der Waals surface area contributed by atoms with Crippen LogP contribution in [0.25, 0.3) is 11.1 Å². The molecule has 0 atom stereocenters. The molecular weight excluding hydrogens is 348 g/mol. The molecule has 2 N–H and O–H groups in total. The van der Waals surface area contributed by atoms with E-state index in [1.54, 1.807) is 36.4 Å². The van der Waals surface area contributed by atoms with Crippen LogP contribution in [0, 0.1) is 11.6 Å². The Morgan fingerprint density at radius 3 is 2.40 bits per heavy atom. The van der Waals surface area contributed by atoms with Crippen LogP contribution in [-0.4, -0.2) is 11.1 Å². The summed E-state index contributed by atoms with van der Waals surface area (Å²) in [6.45, 7) is 0. The minimum Gasteiger partial charge on any atom is -0.478 e. The lowest BCUT2D eigenvalue weighted by Gasteiger charge is -2.12. The molecule has 0 fully saturated rings. The summed E-state index contributed by atoms with van der Waals surface area (Å²) < 4.78 is 26.5. The lowest BCUT2D eigenvalue weighted by molar-refractivity contribution is 0.0698. The number of rotatable bonds is 4. The van der Waals surface area contributed by atoms with Crippen molar-refractivity contribution in [3.8, 4) is 11.1 Å². The standard InChI is InChI=1S/C19H12ClF2NO2/c20-15-10-12(23-18-4-2-1-3-14(18)19(24)25)6-7-13(15)11-5-8-16(21)17(22)9-11/h1-10,23H,(H,24,25). The third kappa shape index (κ3) is 3.61. The summed E-state index contributed by atoms with van der Waals surface area (Å²) in [7, 11) is 0. The number of carboxylic acids is 1. The van der Waals surface area contributed by atoms with Crippen LogP contribution < -0.4 is 5.32 Å². The minimum atomic E-state index is -1.05. The van der Waals surface area contributed by atoms with Gasteiger partial charge in [0.1, 0.15) is 0 Å². The average molecular weight is 360 g/mol. The van der Waals surface area contributed by atoms with Gasteiger partial charge in [0.25, 0.3) is 0 Å². The second-order valence-electron chi connectivity index (χ2n) is 5.30. The molecule has 0 aliphatic heterocycles. The van der Waals surface area contributed by atoms with Crippen molar-refractivity contribution in [1.29, 1.82) is 0 Å². The van der Waals surface area contributed by atoms with Crippen LogP contribution in [0.15, 0.2) is 60.7 Å². The van der Waals surface area contributed by atoms with E-state index >= 15 is 0 Å². The molecule has 126 valence electrons. The molecule has 25 heavy (non-hydrogen) atoms. The van der Waals surface area contributed by atoms with Gasteiger partial charge in [-0.15, -0.1) is 0 Å². The van der Waals surface area contributed by atoms with Gasteiger partial charge in [0.2, 0.25) is 0 Å². The van der Waals surface area contributed by atoms with Gasteiger partial charge in [-0.2, -0.15) is 0 Å². The molecule has 0 aliphatic rings. The second kappa shape index (κ2) is 6.91. The molecule has 6 heteroatoms. The number of hydrogen-bond acceptors (Lipinski definition) is 2. The molecule has 0 aliphatic carbocycles. The van der Waals surface area contributed by atoms with Crippen molar-refractivity contribution in [3.63, 3.8) is 0 Å². The third-order valence-corrected chi connectivity index (χ3v) is 3.95. The highest BCUT2D eigenvalue weighted by molar-refractivity contribution is 6.33. The Hall–Kier alpha value is -2.92. The molecule has 0 amide bonds. The van der Waals surface area contributed by atoms with Crippen LogP contribution >= 0.6 is 11.6 Å². The predicted octanol–water partition coefficient (Wildman–Crippen LogP) is 5.73. The van der Waals surface area contributed by atoms with E-state index in [2.05, 4.69) is 5.32 Å². The lowest BCUT2D eigenvalue weighted by atomic mass is 10.0. The van der Waals surface area contributed by atoms with Gasteiger partial charge in [-0.25, -0.2) is 13.6 Å². The summed E-state index contributed by atoms with van der Waals surface area (Å²) in [6.07, 6.45) is 0. The maximum absolute atomic E-state index is 13.4. The van der Waals surface area contributed by atoms with E-state index in [0.29, 0.717) is 27.5 Å². The van der Waals surface area contributed by atoms with Crippen LogP contribution in [-0.2, 0) is 0 Å². The summed E-state index contributed by atoms with van der Waals surface area (Å²) in [5, 5.41) is 12.5. The van der Waals surface area contributed by atoms with Crippen LogP contribution in [0.1, 0.15) is 10.4 Å². The second-order valence-corrected chi connectivity index (χ2v) is 5.71. The number of anilines is 2. The van der Waals surface area contributed by atoms with E-state index in [9.17, 15) is 18.7 Å². The Labute approximate surface area is 147 Å². The van der Waals surface area contributed by atoms with Gasteiger partial charge in [-0.3, -0.25) is 0 Å². The number of para-hydroxylation sites is 1. The van der Waals surface area contributed by atoms with Gasteiger partial charge >= 0.3 is 5.97 Å². The highest BCUT2D eigenvalue weighted by Crippen LogP contribution is 2.32. The Morgan fingerprint density at radius 1 is 0.960 bits per heavy atom. The summed E-state index contributed by atoms with van der Waals surface area (Å²) in [5.41, 5.74) is 2.11. The fourth-order valence-corrected chi connectivity index (χ4v) is 2.71. The van der Waals surface area contributed by atoms with E-state index in [1.807, 2.05) is 0 Å². The van der Waals surface area contributed by atoms with Crippen molar-refractivity contribution in [2.45, 2.75) is 0 Å². The van der Waals surface area contributed by atoms with E-state index < -0.39 is 17.6 Å². The summed E-state index contributed by atoms with van der Waals surface area (Å²) in [4.78, 5) is 11.2. The molecule has 3 aromatic carbocycles. The van der Waals surface area contributed by atoms with Crippen LogP contribution in [0.3, 0.4) is 0 Å². The van der Waals surface area contributed by atoms with Crippen LogP contribution in [0.4, 0.5) is 20.2 Å². The normalized spacial score (nSPS) is 10.5. The summed E-state index contributed by atoms with van der Waals surface area (Å²) in [5.74, 6) is -2.93. The maximum atomic E-state index is 13.4. The fraction of sp³-hybridized carbons (Fsp3) is 0. The highest BCUT2D eigenvalue weighted by Gasteiger charge is 2.11. The van der Waals surface area contributed by atoms with Gasteiger partial charge in [0.05, 0.1) is 16.3 Å². The van der Waals surface area contributed by atoms with Crippen LogP contribution in [0.2, 0.25) is 5.02 Å². The third-order valence-electron chi connectivity index (χ3n) is 3.64. The van der Waals surface area contributed by atoms with E-state index in [-0.39, 0.29) is 5.56 Å². The molecule has 3 aromatic rings. The number of carbonyl (C=O) groups is 1. The number of hydrogen-bond donors (Lipinski definition) is 2. The SMILES string of the molecule is O=C(O)c1ccccc1Nc1ccc(-c2ccc(F)c(F)c2)c(Cl)c1. The molecule has 0 heterocycles. The zero-order valence-electron chi connectivity index (χ0n) is 12.8. The average Bonchev–Trinajstić information content (AvgIpc) is 2.58. The van der Waals surface area contributed by atoms with Crippen molar-refractivity contribution in [1.82, 2.24) is 0 Å². The van der Waals surface area contributed by atoms with Gasteiger partial charge < -0.3 is 10.4 Å².